The molecule has 2 aromatic rings. The monoisotopic (exact) mass is 337 g/mol. The number of benzene rings is 1. The van der Waals surface area contributed by atoms with Gasteiger partial charge in [0.05, 0.1) is 0 Å². The lowest BCUT2D eigenvalue weighted by Crippen LogP contribution is -2.43. The predicted octanol–water partition coefficient (Wildman–Crippen LogP) is 2.56. The van der Waals surface area contributed by atoms with Crippen molar-refractivity contribution in [3.63, 3.8) is 0 Å². The van der Waals surface area contributed by atoms with Crippen LogP contribution in [0.5, 0.6) is 0 Å². The highest BCUT2D eigenvalue weighted by atomic mass is 16.2. The molecule has 0 bridgehead atoms. The highest BCUT2D eigenvalue weighted by molar-refractivity contribution is 5.95. The third-order valence-electron chi connectivity index (χ3n) is 4.72. The molecule has 1 aliphatic rings. The van der Waals surface area contributed by atoms with Crippen LogP contribution in [-0.2, 0) is 11.3 Å². The Hall–Kier alpha value is -2.69. The first-order valence-electron chi connectivity index (χ1n) is 8.66. The molecule has 0 saturated carbocycles. The molecule has 2 amide bonds. The van der Waals surface area contributed by atoms with Crippen molar-refractivity contribution in [2.45, 2.75) is 26.3 Å². The quantitative estimate of drug-likeness (QED) is 0.933. The Labute approximate surface area is 148 Å². The average Bonchev–Trinajstić information content (AvgIpc) is 2.67. The molecule has 3 rings (SSSR count). The zero-order valence-electron chi connectivity index (χ0n) is 14.4. The van der Waals surface area contributed by atoms with E-state index in [1.807, 2.05) is 48.2 Å². The van der Waals surface area contributed by atoms with Crippen LogP contribution in [0.15, 0.2) is 48.8 Å². The summed E-state index contributed by atoms with van der Waals surface area (Å²) in [6, 6.07) is 11.4. The van der Waals surface area contributed by atoms with Crippen LogP contribution >= 0.6 is 0 Å². The summed E-state index contributed by atoms with van der Waals surface area (Å²) in [7, 11) is 0. The van der Waals surface area contributed by atoms with E-state index in [1.54, 1.807) is 12.4 Å². The molecule has 1 aliphatic heterocycles. The number of aromatic nitrogens is 1. The van der Waals surface area contributed by atoms with E-state index in [-0.39, 0.29) is 17.7 Å². The molecule has 1 fully saturated rings. The first kappa shape index (κ1) is 17.1. The van der Waals surface area contributed by atoms with Gasteiger partial charge in [0.15, 0.2) is 0 Å². The van der Waals surface area contributed by atoms with Crippen LogP contribution in [0, 0.1) is 12.8 Å². The van der Waals surface area contributed by atoms with Crippen LogP contribution in [0.1, 0.15) is 34.3 Å². The largest absolute Gasteiger partial charge is 0.352 e. The highest BCUT2D eigenvalue weighted by Gasteiger charge is 2.28. The summed E-state index contributed by atoms with van der Waals surface area (Å²) in [6.45, 7) is 3.69. The molecule has 25 heavy (non-hydrogen) atoms. The van der Waals surface area contributed by atoms with Crippen molar-refractivity contribution >= 4 is 11.8 Å². The van der Waals surface area contributed by atoms with Crippen molar-refractivity contribution in [3.05, 3.63) is 65.5 Å². The Balaban J connectivity index is 1.50. The number of piperidine rings is 1. The summed E-state index contributed by atoms with van der Waals surface area (Å²) < 4.78 is 0. The Bertz CT molecular complexity index is 738. The first-order chi connectivity index (χ1) is 12.1. The summed E-state index contributed by atoms with van der Waals surface area (Å²) in [4.78, 5) is 30.9. The molecule has 1 N–H and O–H groups in total. The standard InChI is InChI=1S/C20H23N3O2/c1-15-5-2-3-7-18(15)20(25)23-11-8-17(9-12-23)19(24)22-14-16-6-4-10-21-13-16/h2-7,10,13,17H,8-9,11-12,14H2,1H3,(H,22,24). The van der Waals surface area contributed by atoms with E-state index in [1.165, 1.54) is 0 Å². The lowest BCUT2D eigenvalue weighted by molar-refractivity contribution is -0.126. The summed E-state index contributed by atoms with van der Waals surface area (Å²) in [6.07, 6.45) is 4.88. The van der Waals surface area contributed by atoms with Gasteiger partial charge in [-0.15, -0.1) is 0 Å². The number of likely N-dealkylation sites (tertiary alicyclic amines) is 1. The van der Waals surface area contributed by atoms with Crippen LogP contribution in [-0.4, -0.2) is 34.8 Å². The number of hydrogen-bond donors (Lipinski definition) is 1. The fraction of sp³-hybridized carbons (Fsp3) is 0.350. The minimum absolute atomic E-state index is 0.0300. The number of pyridine rings is 1. The van der Waals surface area contributed by atoms with E-state index in [4.69, 9.17) is 0 Å². The van der Waals surface area contributed by atoms with Gasteiger partial charge >= 0.3 is 0 Å². The molecule has 0 radical (unpaired) electrons. The zero-order valence-corrected chi connectivity index (χ0v) is 14.4. The molecule has 1 aromatic carbocycles. The van der Waals surface area contributed by atoms with E-state index in [0.717, 1.165) is 16.7 Å². The lowest BCUT2D eigenvalue weighted by Gasteiger charge is -2.31. The van der Waals surface area contributed by atoms with Crippen molar-refractivity contribution in [3.8, 4) is 0 Å². The van der Waals surface area contributed by atoms with Crippen molar-refractivity contribution in [1.82, 2.24) is 15.2 Å². The van der Waals surface area contributed by atoms with Gasteiger partial charge in [0.25, 0.3) is 5.91 Å². The van der Waals surface area contributed by atoms with Gasteiger partial charge in [0, 0.05) is 43.5 Å². The molecule has 0 spiro atoms. The normalized spacial score (nSPS) is 15.0. The molecular weight excluding hydrogens is 314 g/mol. The minimum atomic E-state index is -0.0300. The maximum Gasteiger partial charge on any atom is 0.254 e. The summed E-state index contributed by atoms with van der Waals surface area (Å²) in [5.41, 5.74) is 2.73. The Morgan fingerprint density at radius 3 is 2.60 bits per heavy atom. The van der Waals surface area contributed by atoms with E-state index in [0.29, 0.717) is 32.5 Å². The lowest BCUT2D eigenvalue weighted by atomic mass is 9.95. The van der Waals surface area contributed by atoms with Crippen molar-refractivity contribution in [2.24, 2.45) is 5.92 Å². The van der Waals surface area contributed by atoms with Gasteiger partial charge in [0.1, 0.15) is 0 Å². The maximum atomic E-state index is 12.6. The van der Waals surface area contributed by atoms with E-state index >= 15 is 0 Å². The third-order valence-corrected chi connectivity index (χ3v) is 4.72. The summed E-state index contributed by atoms with van der Waals surface area (Å²) in [5, 5.41) is 2.97. The molecule has 0 aliphatic carbocycles. The number of nitrogens with zero attached hydrogens (tertiary/aromatic N) is 2. The second-order valence-corrected chi connectivity index (χ2v) is 6.46. The molecular formula is C20H23N3O2. The summed E-state index contributed by atoms with van der Waals surface area (Å²) in [5.74, 6) is 0.0942. The molecule has 1 aromatic heterocycles. The summed E-state index contributed by atoms with van der Waals surface area (Å²) >= 11 is 0. The first-order valence-corrected chi connectivity index (χ1v) is 8.66. The van der Waals surface area contributed by atoms with Gasteiger partial charge in [-0.25, -0.2) is 0 Å². The van der Waals surface area contributed by atoms with Crippen LogP contribution in [0.25, 0.3) is 0 Å². The van der Waals surface area contributed by atoms with Gasteiger partial charge in [-0.1, -0.05) is 24.3 Å². The molecule has 0 atom stereocenters. The number of rotatable bonds is 4. The fourth-order valence-electron chi connectivity index (χ4n) is 3.16. The second-order valence-electron chi connectivity index (χ2n) is 6.46. The number of carbonyl (C=O) groups is 2. The molecule has 130 valence electrons. The van der Waals surface area contributed by atoms with Crippen LogP contribution < -0.4 is 5.32 Å². The second kappa shape index (κ2) is 7.92. The van der Waals surface area contributed by atoms with E-state index < -0.39 is 0 Å². The average molecular weight is 337 g/mol. The Kier molecular flexibility index (Phi) is 5.43. The van der Waals surface area contributed by atoms with Crippen LogP contribution in [0.3, 0.4) is 0 Å². The van der Waals surface area contributed by atoms with Crippen LogP contribution in [0.4, 0.5) is 0 Å². The molecule has 5 nitrogen and oxygen atoms in total. The molecule has 5 heteroatoms. The number of carbonyl (C=O) groups excluding carboxylic acids is 2. The smallest absolute Gasteiger partial charge is 0.254 e. The SMILES string of the molecule is Cc1ccccc1C(=O)N1CCC(C(=O)NCc2cccnc2)CC1. The van der Waals surface area contributed by atoms with Crippen molar-refractivity contribution in [1.29, 1.82) is 0 Å². The number of amides is 2. The Morgan fingerprint density at radius 2 is 1.92 bits per heavy atom. The minimum Gasteiger partial charge on any atom is -0.352 e. The highest BCUT2D eigenvalue weighted by Crippen LogP contribution is 2.20. The van der Waals surface area contributed by atoms with Gasteiger partial charge in [-0.3, -0.25) is 14.6 Å². The fourth-order valence-corrected chi connectivity index (χ4v) is 3.16. The number of nitrogens with one attached hydrogen (secondary N) is 1. The number of aryl methyl sites for hydroxylation is 1. The van der Waals surface area contributed by atoms with Gasteiger partial charge in [-0.05, 0) is 43.0 Å². The van der Waals surface area contributed by atoms with Crippen molar-refractivity contribution < 1.29 is 9.59 Å². The molecule has 0 unspecified atom stereocenters. The van der Waals surface area contributed by atoms with Crippen molar-refractivity contribution in [2.75, 3.05) is 13.1 Å². The van der Waals surface area contributed by atoms with Gasteiger partial charge in [-0.2, -0.15) is 0 Å². The molecule has 1 saturated heterocycles. The molecule has 2 heterocycles. The van der Waals surface area contributed by atoms with E-state index in [2.05, 4.69) is 10.3 Å². The zero-order chi connectivity index (χ0) is 17.6. The topological polar surface area (TPSA) is 62.3 Å². The van der Waals surface area contributed by atoms with E-state index in [9.17, 15) is 9.59 Å². The van der Waals surface area contributed by atoms with Crippen LogP contribution in [0.2, 0.25) is 0 Å². The van der Waals surface area contributed by atoms with Gasteiger partial charge < -0.3 is 10.2 Å². The van der Waals surface area contributed by atoms with Gasteiger partial charge in [0.2, 0.25) is 5.91 Å². The maximum absolute atomic E-state index is 12.6. The predicted molar refractivity (Wildman–Crippen MR) is 95.9 cm³/mol. The third kappa shape index (κ3) is 4.24. The number of hydrogen-bond acceptors (Lipinski definition) is 3. The Morgan fingerprint density at radius 1 is 1.16 bits per heavy atom.